The van der Waals surface area contributed by atoms with Crippen LogP contribution in [0.25, 0.3) is 0 Å². The van der Waals surface area contributed by atoms with Gasteiger partial charge in [-0.05, 0) is 19.3 Å². The average Bonchev–Trinajstić information content (AvgIpc) is 2.11. The molecule has 0 bridgehead atoms. The normalized spacial score (nSPS) is 15.7. The first-order valence-corrected chi connectivity index (χ1v) is 4.62. The molecule has 0 fully saturated rings. The molecule has 0 amide bonds. The molecule has 0 heterocycles. The van der Waals surface area contributed by atoms with Gasteiger partial charge in [-0.15, -0.1) is 0 Å². The van der Waals surface area contributed by atoms with E-state index in [9.17, 15) is 0 Å². The molecule has 0 saturated carbocycles. The molecule has 2 unspecified atom stereocenters. The van der Waals surface area contributed by atoms with E-state index in [4.69, 9.17) is 5.11 Å². The van der Waals surface area contributed by atoms with E-state index in [-0.39, 0.29) is 6.61 Å². The molecule has 0 rings (SSSR count). The Labute approximate surface area is 75.7 Å². The molecule has 0 aliphatic heterocycles. The van der Waals surface area contributed by atoms with Gasteiger partial charge < -0.3 is 10.4 Å². The van der Waals surface area contributed by atoms with Crippen molar-refractivity contribution in [1.82, 2.24) is 5.32 Å². The Bertz CT molecular complexity index is 134. The smallest absolute Gasteiger partial charge is 0.0471 e. The van der Waals surface area contributed by atoms with Gasteiger partial charge in [0, 0.05) is 19.2 Å². The van der Waals surface area contributed by atoms with Gasteiger partial charge in [-0.25, -0.2) is 0 Å². The van der Waals surface area contributed by atoms with Crippen LogP contribution >= 0.6 is 0 Å². The van der Waals surface area contributed by atoms with E-state index in [0.717, 1.165) is 13.0 Å². The summed E-state index contributed by atoms with van der Waals surface area (Å²) in [5, 5.41) is 12.2. The van der Waals surface area contributed by atoms with E-state index < -0.39 is 0 Å². The summed E-state index contributed by atoms with van der Waals surface area (Å²) in [5.41, 5.74) is 1.21. The Morgan fingerprint density at radius 1 is 1.50 bits per heavy atom. The minimum absolute atomic E-state index is 0.243. The van der Waals surface area contributed by atoms with E-state index in [1.54, 1.807) is 0 Å². The fourth-order valence-corrected chi connectivity index (χ4v) is 0.790. The first kappa shape index (κ1) is 11.7. The molecular formula is C10H21NO. The number of rotatable bonds is 6. The lowest BCUT2D eigenvalue weighted by Gasteiger charge is -2.19. The van der Waals surface area contributed by atoms with E-state index in [1.807, 2.05) is 6.92 Å². The molecule has 2 atom stereocenters. The topological polar surface area (TPSA) is 32.3 Å². The minimum Gasteiger partial charge on any atom is -0.396 e. The average molecular weight is 171 g/mol. The summed E-state index contributed by atoms with van der Waals surface area (Å²) in [7, 11) is 0. The summed E-state index contributed by atoms with van der Waals surface area (Å²) < 4.78 is 0. The Kier molecular flexibility index (Phi) is 6.03. The van der Waals surface area contributed by atoms with Gasteiger partial charge in [0.2, 0.25) is 0 Å². The minimum atomic E-state index is 0.243. The van der Waals surface area contributed by atoms with Crippen LogP contribution in [0.15, 0.2) is 12.2 Å². The quantitative estimate of drug-likeness (QED) is 0.594. The molecule has 0 spiro atoms. The second kappa shape index (κ2) is 6.21. The van der Waals surface area contributed by atoms with Crippen molar-refractivity contribution in [1.29, 1.82) is 0 Å². The Hall–Kier alpha value is -0.340. The predicted octanol–water partition coefficient (Wildman–Crippen LogP) is 1.56. The predicted molar refractivity (Wildman–Crippen MR) is 53.1 cm³/mol. The highest BCUT2D eigenvalue weighted by Crippen LogP contribution is 2.02. The van der Waals surface area contributed by atoms with Crippen LogP contribution in [0.1, 0.15) is 27.2 Å². The van der Waals surface area contributed by atoms with Crippen molar-refractivity contribution in [3.05, 3.63) is 12.2 Å². The number of aliphatic hydroxyl groups excluding tert-OH is 1. The third kappa shape index (κ3) is 4.52. The molecule has 2 heteroatoms. The molecule has 12 heavy (non-hydrogen) atoms. The fraction of sp³-hybridized carbons (Fsp3) is 0.800. The van der Waals surface area contributed by atoms with E-state index >= 15 is 0 Å². The SMILES string of the molecule is C=C(CC)CNC(C)C(C)CO. The van der Waals surface area contributed by atoms with Crippen molar-refractivity contribution in [3.8, 4) is 0 Å². The highest BCUT2D eigenvalue weighted by molar-refractivity contribution is 4.95. The molecule has 0 radical (unpaired) electrons. The van der Waals surface area contributed by atoms with Crippen LogP contribution in [0.5, 0.6) is 0 Å². The van der Waals surface area contributed by atoms with Crippen LogP contribution < -0.4 is 5.32 Å². The second-order valence-corrected chi connectivity index (χ2v) is 3.43. The zero-order chi connectivity index (χ0) is 9.56. The molecule has 2 nitrogen and oxygen atoms in total. The van der Waals surface area contributed by atoms with Gasteiger partial charge in [-0.1, -0.05) is 26.0 Å². The maximum Gasteiger partial charge on any atom is 0.0471 e. The summed E-state index contributed by atoms with van der Waals surface area (Å²) in [6.45, 7) is 11.2. The van der Waals surface area contributed by atoms with E-state index in [0.29, 0.717) is 12.0 Å². The highest BCUT2D eigenvalue weighted by atomic mass is 16.3. The van der Waals surface area contributed by atoms with Gasteiger partial charge in [0.05, 0.1) is 0 Å². The largest absolute Gasteiger partial charge is 0.396 e. The molecule has 0 aromatic rings. The van der Waals surface area contributed by atoms with Crippen LogP contribution in [0.3, 0.4) is 0 Å². The molecule has 0 aliphatic carbocycles. The molecule has 2 N–H and O–H groups in total. The highest BCUT2D eigenvalue weighted by Gasteiger charge is 2.09. The third-order valence-electron chi connectivity index (χ3n) is 2.32. The summed E-state index contributed by atoms with van der Waals surface area (Å²) in [6, 6.07) is 0.360. The van der Waals surface area contributed by atoms with Crippen LogP contribution in [-0.2, 0) is 0 Å². The molecule has 72 valence electrons. The lowest BCUT2D eigenvalue weighted by Crippen LogP contribution is -2.34. The molecular weight excluding hydrogens is 150 g/mol. The third-order valence-corrected chi connectivity index (χ3v) is 2.32. The van der Waals surface area contributed by atoms with Crippen molar-refractivity contribution in [2.75, 3.05) is 13.2 Å². The van der Waals surface area contributed by atoms with Crippen molar-refractivity contribution in [2.45, 2.75) is 33.2 Å². The molecule has 0 aromatic carbocycles. The lowest BCUT2D eigenvalue weighted by molar-refractivity contribution is 0.209. The van der Waals surface area contributed by atoms with Crippen molar-refractivity contribution >= 4 is 0 Å². The Morgan fingerprint density at radius 3 is 2.50 bits per heavy atom. The Balaban J connectivity index is 3.56. The standard InChI is InChI=1S/C10H21NO/c1-5-8(2)6-11-10(4)9(3)7-12/h9-12H,2,5-7H2,1,3-4H3. The zero-order valence-electron chi connectivity index (χ0n) is 8.43. The summed E-state index contributed by atoms with van der Waals surface area (Å²) >= 11 is 0. The van der Waals surface area contributed by atoms with Crippen LogP contribution in [0.4, 0.5) is 0 Å². The van der Waals surface area contributed by atoms with Gasteiger partial charge in [0.25, 0.3) is 0 Å². The maximum absolute atomic E-state index is 8.87. The van der Waals surface area contributed by atoms with E-state index in [1.165, 1.54) is 5.57 Å². The van der Waals surface area contributed by atoms with Crippen LogP contribution in [0.2, 0.25) is 0 Å². The summed E-state index contributed by atoms with van der Waals surface area (Å²) in [5.74, 6) is 0.314. The first-order valence-electron chi connectivity index (χ1n) is 4.62. The van der Waals surface area contributed by atoms with Gasteiger partial charge in [0.15, 0.2) is 0 Å². The summed E-state index contributed by atoms with van der Waals surface area (Å²) in [4.78, 5) is 0. The molecule has 0 saturated heterocycles. The zero-order valence-corrected chi connectivity index (χ0v) is 8.43. The monoisotopic (exact) mass is 171 g/mol. The van der Waals surface area contributed by atoms with Gasteiger partial charge in [-0.3, -0.25) is 0 Å². The second-order valence-electron chi connectivity index (χ2n) is 3.43. The number of nitrogens with one attached hydrogen (secondary N) is 1. The van der Waals surface area contributed by atoms with Crippen molar-refractivity contribution in [2.24, 2.45) is 5.92 Å². The first-order chi connectivity index (χ1) is 5.61. The van der Waals surface area contributed by atoms with Gasteiger partial charge in [0.1, 0.15) is 0 Å². The molecule has 0 aromatic heterocycles. The van der Waals surface area contributed by atoms with E-state index in [2.05, 4.69) is 25.7 Å². The number of aliphatic hydroxyl groups is 1. The number of hydrogen-bond acceptors (Lipinski definition) is 2. The number of hydrogen-bond donors (Lipinski definition) is 2. The van der Waals surface area contributed by atoms with Gasteiger partial charge in [-0.2, -0.15) is 0 Å². The lowest BCUT2D eigenvalue weighted by atomic mass is 10.0. The van der Waals surface area contributed by atoms with Crippen molar-refractivity contribution < 1.29 is 5.11 Å². The molecule has 0 aliphatic rings. The van der Waals surface area contributed by atoms with Crippen LogP contribution in [0, 0.1) is 5.92 Å². The van der Waals surface area contributed by atoms with Crippen LogP contribution in [-0.4, -0.2) is 24.3 Å². The maximum atomic E-state index is 8.87. The Morgan fingerprint density at radius 2 is 2.08 bits per heavy atom. The van der Waals surface area contributed by atoms with Gasteiger partial charge >= 0.3 is 0 Å². The summed E-state index contributed by atoms with van der Waals surface area (Å²) in [6.07, 6.45) is 1.02. The fourth-order valence-electron chi connectivity index (χ4n) is 0.790. The van der Waals surface area contributed by atoms with Crippen molar-refractivity contribution in [3.63, 3.8) is 0 Å².